The normalized spacial score (nSPS) is 11.6. The van der Waals surface area contributed by atoms with E-state index >= 15 is 0 Å². The molecule has 0 bridgehead atoms. The zero-order valence-corrected chi connectivity index (χ0v) is 19.7. The highest BCUT2D eigenvalue weighted by Gasteiger charge is 2.19. The number of carbonyl (C=O) groups is 1. The van der Waals surface area contributed by atoms with E-state index in [2.05, 4.69) is 74.0 Å². The van der Waals surface area contributed by atoms with Gasteiger partial charge >= 0.3 is 0 Å². The molecule has 0 saturated carbocycles. The fraction of sp³-hybridized carbons (Fsp3) is 0.125. The first kappa shape index (κ1) is 21.3. The van der Waals surface area contributed by atoms with Gasteiger partial charge in [-0.2, -0.15) is 0 Å². The van der Waals surface area contributed by atoms with Crippen molar-refractivity contribution in [1.82, 2.24) is 0 Å². The molecule has 5 heteroatoms. The monoisotopic (exact) mass is 512 g/mol. The van der Waals surface area contributed by atoms with Crippen LogP contribution in [0.1, 0.15) is 18.1 Å². The highest BCUT2D eigenvalue weighted by molar-refractivity contribution is 9.10. The van der Waals surface area contributed by atoms with Crippen LogP contribution >= 0.6 is 31.9 Å². The molecule has 0 heterocycles. The average molecular weight is 514 g/mol. The maximum atomic E-state index is 12.1. The number of hydrogen-bond donors (Lipinski definition) is 0. The molecule has 0 unspecified atom stereocenters. The van der Waals surface area contributed by atoms with Gasteiger partial charge in [-0.1, -0.05) is 55.6 Å². The third-order valence-electron chi connectivity index (χ3n) is 4.76. The summed E-state index contributed by atoms with van der Waals surface area (Å²) in [6, 6.07) is 24.2. The highest BCUT2D eigenvalue weighted by Crippen LogP contribution is 2.32. The topological polar surface area (TPSA) is 23.6 Å². The van der Waals surface area contributed by atoms with Crippen LogP contribution < -0.4 is 9.80 Å². The van der Waals surface area contributed by atoms with E-state index in [1.807, 2.05) is 56.4 Å². The Balaban J connectivity index is 2.17. The van der Waals surface area contributed by atoms with Crippen molar-refractivity contribution in [3.8, 4) is 0 Å². The lowest BCUT2D eigenvalue weighted by molar-refractivity contribution is -0.107. The van der Waals surface area contributed by atoms with Gasteiger partial charge in [-0.15, -0.1) is 0 Å². The van der Waals surface area contributed by atoms with E-state index in [0.29, 0.717) is 0 Å². The van der Waals surface area contributed by atoms with Gasteiger partial charge in [0.15, 0.2) is 0 Å². The number of rotatable bonds is 6. The molecule has 1 amide bonds. The first-order chi connectivity index (χ1) is 13.9. The van der Waals surface area contributed by atoms with Crippen molar-refractivity contribution in [3.05, 3.63) is 98.6 Å². The Labute approximate surface area is 188 Å². The summed E-state index contributed by atoms with van der Waals surface area (Å²) < 4.78 is 2.00. The number of nitrogens with zero attached hydrogens (tertiary/aromatic N) is 2. The molecule has 0 saturated heterocycles. The van der Waals surface area contributed by atoms with Crippen LogP contribution in [-0.2, 0) is 4.79 Å². The van der Waals surface area contributed by atoms with Crippen LogP contribution in [0.5, 0.6) is 0 Å². The van der Waals surface area contributed by atoms with Crippen molar-refractivity contribution in [2.45, 2.75) is 13.8 Å². The first-order valence-corrected chi connectivity index (χ1v) is 10.8. The number of carbonyl (C=O) groups excluding carboxylic acids is 1. The summed E-state index contributed by atoms with van der Waals surface area (Å²) in [7, 11) is 2.02. The maximum absolute atomic E-state index is 12.1. The SMILES string of the molecule is C/C(=C(\c1cccc(C)c1)N(C)c1ccc(Br)cc1)N(C=O)c1ccc(Br)cc1. The summed E-state index contributed by atoms with van der Waals surface area (Å²) in [5, 5.41) is 0. The van der Waals surface area contributed by atoms with E-state index < -0.39 is 0 Å². The zero-order chi connectivity index (χ0) is 21.0. The number of benzene rings is 3. The van der Waals surface area contributed by atoms with Gasteiger partial charge < -0.3 is 4.90 Å². The van der Waals surface area contributed by atoms with Crippen LogP contribution in [-0.4, -0.2) is 13.5 Å². The molecule has 0 N–H and O–H groups in total. The fourth-order valence-electron chi connectivity index (χ4n) is 3.28. The van der Waals surface area contributed by atoms with Crippen molar-refractivity contribution in [2.24, 2.45) is 0 Å². The van der Waals surface area contributed by atoms with Crippen molar-refractivity contribution in [1.29, 1.82) is 0 Å². The highest BCUT2D eigenvalue weighted by atomic mass is 79.9. The Bertz CT molecular complexity index is 1030. The molecule has 3 nitrogen and oxygen atoms in total. The lowest BCUT2D eigenvalue weighted by Gasteiger charge is -2.29. The fourth-order valence-corrected chi connectivity index (χ4v) is 3.81. The number of halogens is 2. The Morgan fingerprint density at radius 2 is 1.41 bits per heavy atom. The molecule has 0 radical (unpaired) electrons. The van der Waals surface area contributed by atoms with E-state index in [1.165, 1.54) is 5.56 Å². The maximum Gasteiger partial charge on any atom is 0.218 e. The number of hydrogen-bond acceptors (Lipinski definition) is 2. The van der Waals surface area contributed by atoms with E-state index in [9.17, 15) is 4.79 Å². The summed E-state index contributed by atoms with van der Waals surface area (Å²) in [4.78, 5) is 15.9. The second-order valence-corrected chi connectivity index (χ2v) is 8.62. The lowest BCUT2D eigenvalue weighted by atomic mass is 10.0. The molecule has 0 aliphatic rings. The minimum atomic E-state index is 0.815. The first-order valence-electron chi connectivity index (χ1n) is 9.18. The van der Waals surface area contributed by atoms with Crippen molar-refractivity contribution in [2.75, 3.05) is 16.8 Å². The van der Waals surface area contributed by atoms with E-state index in [0.717, 1.165) is 43.7 Å². The van der Waals surface area contributed by atoms with Crippen LogP contribution in [0.15, 0.2) is 87.4 Å². The predicted octanol–water partition coefficient (Wildman–Crippen LogP) is 7.01. The van der Waals surface area contributed by atoms with Crippen LogP contribution in [0.3, 0.4) is 0 Å². The van der Waals surface area contributed by atoms with Gasteiger partial charge in [0, 0.05) is 38.6 Å². The number of anilines is 2. The van der Waals surface area contributed by atoms with E-state index in [-0.39, 0.29) is 0 Å². The molecule has 0 spiro atoms. The summed E-state index contributed by atoms with van der Waals surface area (Å²) >= 11 is 6.95. The van der Waals surface area contributed by atoms with Crippen LogP contribution in [0.25, 0.3) is 5.70 Å². The largest absolute Gasteiger partial charge is 0.343 e. The Kier molecular flexibility index (Phi) is 6.93. The van der Waals surface area contributed by atoms with Gasteiger partial charge in [0.05, 0.1) is 5.70 Å². The van der Waals surface area contributed by atoms with Crippen LogP contribution in [0.4, 0.5) is 11.4 Å². The van der Waals surface area contributed by atoms with E-state index in [1.54, 1.807) is 4.90 Å². The number of amides is 1. The molecule has 3 aromatic rings. The second kappa shape index (κ2) is 9.42. The molecule has 3 rings (SSSR count). The molecule has 0 aliphatic carbocycles. The second-order valence-electron chi connectivity index (χ2n) is 6.79. The van der Waals surface area contributed by atoms with Gasteiger partial charge in [0.25, 0.3) is 0 Å². The number of allylic oxidation sites excluding steroid dienone is 1. The quantitative estimate of drug-likeness (QED) is 0.331. The smallest absolute Gasteiger partial charge is 0.218 e. The molecule has 0 atom stereocenters. The summed E-state index contributed by atoms with van der Waals surface area (Å²) in [5.41, 5.74) is 5.88. The van der Waals surface area contributed by atoms with Gasteiger partial charge in [-0.05, 0) is 68.4 Å². The van der Waals surface area contributed by atoms with Gasteiger partial charge in [-0.25, -0.2) is 0 Å². The minimum absolute atomic E-state index is 0.815. The summed E-state index contributed by atoms with van der Waals surface area (Å²) in [5.74, 6) is 0. The molecule has 0 fully saturated rings. The molecular weight excluding hydrogens is 492 g/mol. The van der Waals surface area contributed by atoms with E-state index in [4.69, 9.17) is 0 Å². The number of aryl methyl sites for hydroxylation is 1. The van der Waals surface area contributed by atoms with Gasteiger partial charge in [0.2, 0.25) is 6.41 Å². The minimum Gasteiger partial charge on any atom is -0.343 e. The van der Waals surface area contributed by atoms with Crippen molar-refractivity contribution in [3.63, 3.8) is 0 Å². The molecular formula is C24H22Br2N2O. The van der Waals surface area contributed by atoms with Gasteiger partial charge in [0.1, 0.15) is 0 Å². The van der Waals surface area contributed by atoms with Gasteiger partial charge in [-0.3, -0.25) is 9.69 Å². The van der Waals surface area contributed by atoms with Crippen molar-refractivity contribution >= 4 is 55.3 Å². The van der Waals surface area contributed by atoms with Crippen molar-refractivity contribution < 1.29 is 4.79 Å². The van der Waals surface area contributed by atoms with Crippen LogP contribution in [0, 0.1) is 6.92 Å². The third-order valence-corrected chi connectivity index (χ3v) is 5.81. The summed E-state index contributed by atoms with van der Waals surface area (Å²) in [6.07, 6.45) is 0.865. The lowest BCUT2D eigenvalue weighted by Crippen LogP contribution is -2.26. The predicted molar refractivity (Wildman–Crippen MR) is 129 cm³/mol. The zero-order valence-electron chi connectivity index (χ0n) is 16.6. The molecule has 3 aromatic carbocycles. The Morgan fingerprint density at radius 3 is 1.93 bits per heavy atom. The molecule has 29 heavy (non-hydrogen) atoms. The molecule has 148 valence electrons. The Morgan fingerprint density at radius 1 is 0.862 bits per heavy atom. The third kappa shape index (κ3) is 4.98. The van der Waals surface area contributed by atoms with Crippen LogP contribution in [0.2, 0.25) is 0 Å². The Hall–Kier alpha value is -2.37. The average Bonchev–Trinajstić information content (AvgIpc) is 2.71. The molecule has 0 aliphatic heterocycles. The summed E-state index contributed by atoms with van der Waals surface area (Å²) in [6.45, 7) is 4.05. The molecule has 0 aromatic heterocycles. The standard InChI is InChI=1S/C24H22Br2N2O/c1-17-5-4-6-19(15-17)24(27(3)22-11-7-20(25)8-12-22)18(2)28(16-29)23-13-9-21(26)10-14-23/h4-16H,1-3H3/b24-18-.